The van der Waals surface area contributed by atoms with Crippen LogP contribution in [0.2, 0.25) is 0 Å². The number of carboxylic acid groups (broad SMARTS) is 1. The molecule has 3 aromatic carbocycles. The molecule has 1 aromatic heterocycles. The average Bonchev–Trinajstić information content (AvgIpc) is 3.76. The summed E-state index contributed by atoms with van der Waals surface area (Å²) in [4.78, 5) is 17.9. The average molecular weight is 609 g/mol. The van der Waals surface area contributed by atoms with Crippen LogP contribution in [0.4, 0.5) is 0 Å². The van der Waals surface area contributed by atoms with E-state index in [1.54, 1.807) is 42.7 Å². The number of methoxy groups -OCH3 is 1. The van der Waals surface area contributed by atoms with Gasteiger partial charge in [0.05, 0.1) is 13.1 Å². The van der Waals surface area contributed by atoms with E-state index in [0.29, 0.717) is 18.8 Å². The quantitative estimate of drug-likeness (QED) is 0.262. The largest absolute Gasteiger partial charge is 1.00 e. The number of hydrogen-bond acceptors (Lipinski definition) is 8. The molecule has 6 rings (SSSR count). The van der Waals surface area contributed by atoms with E-state index in [-0.39, 0.29) is 40.9 Å². The van der Waals surface area contributed by atoms with E-state index < -0.39 is 5.97 Å². The molecule has 0 atom stereocenters. The van der Waals surface area contributed by atoms with Crippen molar-refractivity contribution in [2.45, 2.75) is 38.6 Å². The summed E-state index contributed by atoms with van der Waals surface area (Å²) in [6, 6.07) is 17.2. The van der Waals surface area contributed by atoms with Crippen molar-refractivity contribution < 1.29 is 54.0 Å². The second-order valence-corrected chi connectivity index (χ2v) is 12.3. The van der Waals surface area contributed by atoms with Gasteiger partial charge in [0.1, 0.15) is 23.9 Å². The molecule has 0 saturated carbocycles. The van der Waals surface area contributed by atoms with Gasteiger partial charge in [0.15, 0.2) is 0 Å². The van der Waals surface area contributed by atoms with Gasteiger partial charge in [-0.3, -0.25) is 9.80 Å². The van der Waals surface area contributed by atoms with E-state index in [4.69, 9.17) is 9.47 Å². The summed E-state index contributed by atoms with van der Waals surface area (Å²) < 4.78 is 12.7. The second-order valence-electron chi connectivity index (χ2n) is 11.3. The van der Waals surface area contributed by atoms with Gasteiger partial charge < -0.3 is 24.5 Å². The molecule has 0 bridgehead atoms. The molecular formula is C34H37N2NaO5S. The van der Waals surface area contributed by atoms with Crippen molar-refractivity contribution in [2.24, 2.45) is 0 Å². The number of rotatable bonds is 11. The molecule has 3 heterocycles. The number of benzene rings is 3. The molecule has 2 aliphatic heterocycles. The molecule has 2 saturated heterocycles. The number of nitrogens with zero attached hydrogens (tertiary/aromatic N) is 2. The summed E-state index contributed by atoms with van der Waals surface area (Å²) >= 11 is 1.55. The molecule has 2 fully saturated rings. The first-order valence-corrected chi connectivity index (χ1v) is 15.6. The van der Waals surface area contributed by atoms with Crippen molar-refractivity contribution in [3.8, 4) is 27.7 Å². The third-order valence-corrected chi connectivity index (χ3v) is 9.67. The number of thiophene rings is 1. The Labute approximate surface area is 279 Å². The fraction of sp³-hybridized carbons (Fsp3) is 0.382. The van der Waals surface area contributed by atoms with Crippen molar-refractivity contribution in [2.75, 3.05) is 46.4 Å². The number of carbonyl (C=O) groups excluding carboxylic acids is 1. The Hall–Kier alpha value is -2.59. The van der Waals surface area contributed by atoms with Crippen molar-refractivity contribution in [1.82, 2.24) is 9.80 Å². The number of aromatic carboxylic acids is 1. The van der Waals surface area contributed by atoms with Crippen LogP contribution in [0.15, 0.2) is 54.6 Å². The number of fused-ring (bicyclic) bond motifs is 1. The van der Waals surface area contributed by atoms with Crippen LogP contribution in [-0.2, 0) is 13.0 Å². The summed E-state index contributed by atoms with van der Waals surface area (Å²) in [6.07, 6.45) is 5.52. The SMILES string of the molecule is COc1cc(Cc2c(-c3ccc(OCCN4CCCC4)c(C(=O)[O-])c3)sc3cc(O)ccc23)ccc1CN1CCCC1.[Na+]. The zero-order valence-electron chi connectivity index (χ0n) is 25.1. The summed E-state index contributed by atoms with van der Waals surface area (Å²) in [6.45, 7) is 6.46. The summed E-state index contributed by atoms with van der Waals surface area (Å²) in [7, 11) is 1.72. The molecule has 43 heavy (non-hydrogen) atoms. The Kier molecular flexibility index (Phi) is 10.7. The number of aromatic hydroxyl groups is 1. The van der Waals surface area contributed by atoms with Gasteiger partial charge in [-0.2, -0.15) is 0 Å². The number of carbonyl (C=O) groups is 1. The molecule has 1 N–H and O–H groups in total. The van der Waals surface area contributed by atoms with Crippen molar-refractivity contribution in [3.63, 3.8) is 0 Å². The number of phenolic OH excluding ortho intramolecular Hbond substituents is 1. The fourth-order valence-electron chi connectivity index (χ4n) is 6.21. The van der Waals surface area contributed by atoms with Crippen molar-refractivity contribution >= 4 is 27.4 Å². The van der Waals surface area contributed by atoms with Gasteiger partial charge in [-0.05, 0) is 123 Å². The Morgan fingerprint density at radius 2 is 1.67 bits per heavy atom. The normalized spacial score (nSPS) is 15.6. The third-order valence-electron chi connectivity index (χ3n) is 8.43. The molecule has 0 radical (unpaired) electrons. The zero-order chi connectivity index (χ0) is 29.1. The van der Waals surface area contributed by atoms with E-state index in [1.165, 1.54) is 31.2 Å². The predicted octanol–water partition coefficient (Wildman–Crippen LogP) is 2.31. The molecule has 220 valence electrons. The van der Waals surface area contributed by atoms with Gasteiger partial charge >= 0.3 is 29.6 Å². The fourth-order valence-corrected chi connectivity index (χ4v) is 7.46. The standard InChI is InChI=1S/C34H38N2O5S.Na/c1-40-31-19-23(6-7-25(31)22-36-14-4-5-15-36)18-28-27-10-9-26(37)21-32(27)42-33(28)24-8-11-30(29(20-24)34(38)39)41-17-16-35-12-2-3-13-35;/h6-11,19-21,37H,2-5,12-18,22H2,1H3,(H,38,39);/q;+1/p-1. The molecule has 0 spiro atoms. The van der Waals surface area contributed by atoms with E-state index >= 15 is 0 Å². The molecule has 4 aromatic rings. The summed E-state index contributed by atoms with van der Waals surface area (Å²) in [5.74, 6) is 0.156. The number of hydrogen-bond donors (Lipinski definition) is 1. The Morgan fingerprint density at radius 3 is 2.40 bits per heavy atom. The first kappa shape index (κ1) is 31.8. The smallest absolute Gasteiger partial charge is 0.545 e. The minimum absolute atomic E-state index is 0. The number of likely N-dealkylation sites (tertiary alicyclic amines) is 2. The van der Waals surface area contributed by atoms with Crippen LogP contribution >= 0.6 is 11.3 Å². The van der Waals surface area contributed by atoms with Crippen molar-refractivity contribution in [3.05, 3.63) is 76.9 Å². The molecule has 0 unspecified atom stereocenters. The summed E-state index contributed by atoms with van der Waals surface area (Å²) in [5.41, 5.74) is 4.20. The molecule has 0 aliphatic carbocycles. The molecule has 2 aliphatic rings. The van der Waals surface area contributed by atoms with E-state index in [0.717, 1.165) is 76.7 Å². The van der Waals surface area contributed by atoms with Crippen molar-refractivity contribution in [1.29, 1.82) is 0 Å². The zero-order valence-corrected chi connectivity index (χ0v) is 27.9. The maximum absolute atomic E-state index is 12.2. The van der Waals surface area contributed by atoms with Gasteiger partial charge in [0, 0.05) is 33.8 Å². The topological polar surface area (TPSA) is 85.3 Å². The predicted molar refractivity (Wildman–Crippen MR) is 165 cm³/mol. The maximum atomic E-state index is 12.2. The van der Waals surface area contributed by atoms with Crippen LogP contribution < -0.4 is 44.1 Å². The van der Waals surface area contributed by atoms with Gasteiger partial charge in [-0.25, -0.2) is 0 Å². The van der Waals surface area contributed by atoms with Crippen LogP contribution in [0.1, 0.15) is 52.7 Å². The van der Waals surface area contributed by atoms with Gasteiger partial charge in [-0.15, -0.1) is 11.3 Å². The monoisotopic (exact) mass is 608 g/mol. The Morgan fingerprint density at radius 1 is 0.930 bits per heavy atom. The Balaban J connectivity index is 0.00000368. The third kappa shape index (κ3) is 7.39. The van der Waals surface area contributed by atoms with E-state index in [1.807, 2.05) is 12.1 Å². The summed E-state index contributed by atoms with van der Waals surface area (Å²) in [5, 5.41) is 23.4. The number of phenols is 1. The number of ether oxygens (including phenoxy) is 2. The van der Waals surface area contributed by atoms with Crippen LogP contribution in [0.3, 0.4) is 0 Å². The van der Waals surface area contributed by atoms with Crippen LogP contribution in [0.5, 0.6) is 17.2 Å². The number of carboxylic acids is 1. The van der Waals surface area contributed by atoms with Gasteiger partial charge in [-0.1, -0.05) is 12.1 Å². The molecular weight excluding hydrogens is 571 g/mol. The first-order valence-electron chi connectivity index (χ1n) is 14.8. The minimum Gasteiger partial charge on any atom is -0.545 e. The first-order chi connectivity index (χ1) is 20.5. The van der Waals surface area contributed by atoms with E-state index in [9.17, 15) is 15.0 Å². The van der Waals surface area contributed by atoms with E-state index in [2.05, 4.69) is 28.0 Å². The Bertz CT molecular complexity index is 1580. The molecule has 9 heteroatoms. The molecule has 0 amide bonds. The van der Waals surface area contributed by atoms with Crippen LogP contribution in [0.25, 0.3) is 20.5 Å². The molecule has 7 nitrogen and oxygen atoms in total. The van der Waals surface area contributed by atoms with Gasteiger partial charge in [0.25, 0.3) is 0 Å². The van der Waals surface area contributed by atoms with Crippen LogP contribution in [0, 0.1) is 0 Å². The maximum Gasteiger partial charge on any atom is 1.00 e. The van der Waals surface area contributed by atoms with Crippen LogP contribution in [-0.4, -0.2) is 67.3 Å². The minimum atomic E-state index is -1.26. The van der Waals surface area contributed by atoms with Gasteiger partial charge in [0.2, 0.25) is 0 Å². The second kappa shape index (κ2) is 14.5.